The number of fused-ring (bicyclic) bond motifs is 3. The van der Waals surface area contributed by atoms with Crippen molar-refractivity contribution in [2.24, 2.45) is 11.3 Å². The molecule has 0 spiro atoms. The fourth-order valence-corrected chi connectivity index (χ4v) is 4.89. The Morgan fingerprint density at radius 3 is 2.81 bits per heavy atom. The molecule has 136 valence electrons. The van der Waals surface area contributed by atoms with Crippen molar-refractivity contribution in [1.29, 1.82) is 0 Å². The second-order valence-electron chi connectivity index (χ2n) is 7.80. The van der Waals surface area contributed by atoms with Crippen LogP contribution in [0.2, 0.25) is 0 Å². The molecular formula is C18H19N3O4S. The van der Waals surface area contributed by atoms with Gasteiger partial charge in [-0.3, -0.25) is 14.9 Å². The third kappa shape index (κ3) is 2.74. The van der Waals surface area contributed by atoms with E-state index in [9.17, 15) is 14.9 Å². The first-order valence-corrected chi connectivity index (χ1v) is 9.35. The first-order valence-electron chi connectivity index (χ1n) is 8.53. The summed E-state index contributed by atoms with van der Waals surface area (Å²) in [5, 5.41) is 11.4. The predicted molar refractivity (Wildman–Crippen MR) is 99.6 cm³/mol. The van der Waals surface area contributed by atoms with Crippen molar-refractivity contribution < 1.29 is 9.34 Å². The molecule has 1 unspecified atom stereocenters. The summed E-state index contributed by atoms with van der Waals surface area (Å²) in [6.07, 6.45) is 2.91. The first-order chi connectivity index (χ1) is 12.2. The molecule has 3 aromatic rings. The molecule has 26 heavy (non-hydrogen) atoms. The topological polar surface area (TPSA) is 102 Å². The molecule has 1 atom stereocenters. The molecule has 1 N–H and O–H groups in total. The zero-order chi connectivity index (χ0) is 18.6. The van der Waals surface area contributed by atoms with Gasteiger partial charge in [-0.1, -0.05) is 20.8 Å². The van der Waals surface area contributed by atoms with Gasteiger partial charge in [0.25, 0.3) is 5.56 Å². The Bertz CT molecular complexity index is 1070. The zero-order valence-corrected chi connectivity index (χ0v) is 15.6. The van der Waals surface area contributed by atoms with Gasteiger partial charge < -0.3 is 9.40 Å². The van der Waals surface area contributed by atoms with Gasteiger partial charge in [0, 0.05) is 4.88 Å². The van der Waals surface area contributed by atoms with Crippen molar-refractivity contribution in [3.63, 3.8) is 0 Å². The Morgan fingerprint density at radius 1 is 1.38 bits per heavy atom. The maximum Gasteiger partial charge on any atom is 0.433 e. The van der Waals surface area contributed by atoms with E-state index in [1.54, 1.807) is 11.3 Å². The van der Waals surface area contributed by atoms with Gasteiger partial charge in [-0.25, -0.2) is 4.98 Å². The number of rotatable bonds is 2. The Hall–Kier alpha value is -2.48. The number of nitrogens with zero attached hydrogens (tertiary/aromatic N) is 2. The van der Waals surface area contributed by atoms with E-state index in [0.29, 0.717) is 16.1 Å². The third-order valence-electron chi connectivity index (χ3n) is 5.15. The molecule has 0 bridgehead atoms. The standard InChI is InChI=1S/C18H19N3O4S/c1-18(2,3)9-4-5-10-12(8-9)26-17-14(10)16(22)19-15(20-17)11-6-7-13(25-11)21(23)24/h6-7,9H,4-5,8H2,1-3H3,(H,19,20,22). The largest absolute Gasteiger partial charge is 0.433 e. The fourth-order valence-electron chi connectivity index (χ4n) is 3.59. The lowest BCUT2D eigenvalue weighted by Gasteiger charge is -2.33. The van der Waals surface area contributed by atoms with E-state index in [-0.39, 0.29) is 28.4 Å². The molecule has 1 aliphatic carbocycles. The molecule has 0 saturated heterocycles. The van der Waals surface area contributed by atoms with Crippen LogP contribution in [-0.4, -0.2) is 14.9 Å². The average molecular weight is 373 g/mol. The van der Waals surface area contributed by atoms with Crippen LogP contribution in [0.1, 0.15) is 37.6 Å². The summed E-state index contributed by atoms with van der Waals surface area (Å²) in [6, 6.07) is 2.71. The number of furan rings is 1. The molecule has 4 rings (SSSR count). The molecule has 0 aromatic carbocycles. The molecular weight excluding hydrogens is 354 g/mol. The van der Waals surface area contributed by atoms with Gasteiger partial charge in [0.1, 0.15) is 9.75 Å². The number of hydrogen-bond donors (Lipinski definition) is 1. The van der Waals surface area contributed by atoms with E-state index in [1.165, 1.54) is 17.0 Å². The van der Waals surface area contributed by atoms with Crippen molar-refractivity contribution in [3.05, 3.63) is 43.0 Å². The summed E-state index contributed by atoms with van der Waals surface area (Å²) in [5.74, 6) is 0.617. The summed E-state index contributed by atoms with van der Waals surface area (Å²) in [6.45, 7) is 6.76. The number of aromatic nitrogens is 2. The van der Waals surface area contributed by atoms with Crippen LogP contribution in [0, 0.1) is 21.4 Å². The van der Waals surface area contributed by atoms with Crippen LogP contribution < -0.4 is 5.56 Å². The van der Waals surface area contributed by atoms with Gasteiger partial charge in [0.2, 0.25) is 0 Å². The second-order valence-corrected chi connectivity index (χ2v) is 8.88. The highest BCUT2D eigenvalue weighted by atomic mass is 32.1. The van der Waals surface area contributed by atoms with Crippen LogP contribution in [0.4, 0.5) is 5.88 Å². The maximum atomic E-state index is 12.7. The smallest absolute Gasteiger partial charge is 0.397 e. The number of aromatic amines is 1. The van der Waals surface area contributed by atoms with Crippen molar-refractivity contribution in [3.8, 4) is 11.6 Å². The van der Waals surface area contributed by atoms with E-state index in [4.69, 9.17) is 4.42 Å². The highest BCUT2D eigenvalue weighted by Crippen LogP contribution is 2.42. The molecule has 0 amide bonds. The van der Waals surface area contributed by atoms with E-state index in [1.807, 2.05) is 0 Å². The van der Waals surface area contributed by atoms with Crippen LogP contribution in [0.15, 0.2) is 21.3 Å². The lowest BCUT2D eigenvalue weighted by Crippen LogP contribution is -2.26. The summed E-state index contributed by atoms with van der Waals surface area (Å²) in [4.78, 5) is 32.0. The van der Waals surface area contributed by atoms with E-state index in [2.05, 4.69) is 30.7 Å². The predicted octanol–water partition coefficient (Wildman–Crippen LogP) is 4.30. The monoisotopic (exact) mass is 373 g/mol. The number of aryl methyl sites for hydroxylation is 1. The van der Waals surface area contributed by atoms with Gasteiger partial charge in [0.15, 0.2) is 11.6 Å². The molecule has 0 fully saturated rings. The number of thiophene rings is 1. The lowest BCUT2D eigenvalue weighted by molar-refractivity contribution is -0.401. The van der Waals surface area contributed by atoms with Gasteiger partial charge >= 0.3 is 5.88 Å². The lowest BCUT2D eigenvalue weighted by atomic mass is 9.72. The summed E-state index contributed by atoms with van der Waals surface area (Å²) in [5.41, 5.74) is 1.12. The zero-order valence-electron chi connectivity index (χ0n) is 14.8. The Labute approximate surface area is 153 Å². The molecule has 3 aromatic heterocycles. The normalized spacial score (nSPS) is 17.4. The highest BCUT2D eigenvalue weighted by Gasteiger charge is 2.31. The summed E-state index contributed by atoms with van der Waals surface area (Å²) >= 11 is 1.55. The molecule has 1 aliphatic rings. The minimum atomic E-state index is -0.614. The number of H-pyrrole nitrogens is 1. The molecule has 3 heterocycles. The minimum Gasteiger partial charge on any atom is -0.397 e. The first kappa shape index (κ1) is 17.0. The van der Waals surface area contributed by atoms with Gasteiger partial charge in [-0.15, -0.1) is 11.3 Å². The average Bonchev–Trinajstić information content (AvgIpc) is 3.18. The van der Waals surface area contributed by atoms with Crippen LogP contribution in [0.25, 0.3) is 21.8 Å². The van der Waals surface area contributed by atoms with Crippen molar-refractivity contribution >= 4 is 27.4 Å². The van der Waals surface area contributed by atoms with Crippen molar-refractivity contribution in [2.45, 2.75) is 40.0 Å². The number of nitro groups is 1. The molecule has 7 nitrogen and oxygen atoms in total. The Kier molecular flexibility index (Phi) is 3.76. The van der Waals surface area contributed by atoms with Crippen molar-refractivity contribution in [1.82, 2.24) is 9.97 Å². The third-order valence-corrected chi connectivity index (χ3v) is 6.30. The highest BCUT2D eigenvalue weighted by molar-refractivity contribution is 7.18. The van der Waals surface area contributed by atoms with Gasteiger partial charge in [-0.05, 0) is 42.2 Å². The van der Waals surface area contributed by atoms with E-state index >= 15 is 0 Å². The Balaban J connectivity index is 1.79. The van der Waals surface area contributed by atoms with Crippen molar-refractivity contribution in [2.75, 3.05) is 0 Å². The molecule has 0 saturated carbocycles. The summed E-state index contributed by atoms with van der Waals surface area (Å²) in [7, 11) is 0. The summed E-state index contributed by atoms with van der Waals surface area (Å²) < 4.78 is 5.17. The van der Waals surface area contributed by atoms with Gasteiger partial charge in [-0.2, -0.15) is 0 Å². The maximum absolute atomic E-state index is 12.7. The molecule has 0 radical (unpaired) electrons. The number of nitrogens with one attached hydrogen (secondary N) is 1. The van der Waals surface area contributed by atoms with Crippen LogP contribution in [0.3, 0.4) is 0 Å². The van der Waals surface area contributed by atoms with E-state index < -0.39 is 4.92 Å². The number of hydrogen-bond acceptors (Lipinski definition) is 6. The Morgan fingerprint density at radius 2 is 2.15 bits per heavy atom. The molecule has 8 heteroatoms. The second kappa shape index (κ2) is 5.77. The van der Waals surface area contributed by atoms with Gasteiger partial charge in [0.05, 0.1) is 11.5 Å². The quantitative estimate of drug-likeness (QED) is 0.533. The van der Waals surface area contributed by atoms with Crippen LogP contribution in [-0.2, 0) is 12.8 Å². The fraction of sp³-hybridized carbons (Fsp3) is 0.444. The van der Waals surface area contributed by atoms with Crippen LogP contribution in [0.5, 0.6) is 0 Å². The SMILES string of the molecule is CC(C)(C)C1CCc2c(sc3nc(-c4ccc([N+](=O)[O-])o4)[nH]c(=O)c23)C1. The molecule has 0 aliphatic heterocycles. The van der Waals surface area contributed by atoms with E-state index in [0.717, 1.165) is 24.8 Å². The van der Waals surface area contributed by atoms with Crippen LogP contribution >= 0.6 is 11.3 Å². The minimum absolute atomic E-state index is 0.189.